The van der Waals surface area contributed by atoms with Gasteiger partial charge in [0.05, 0.1) is 24.3 Å². The maximum Gasteiger partial charge on any atom is 0.179 e. The molecule has 6 heteroatoms. The molecule has 2 aromatic rings. The van der Waals surface area contributed by atoms with E-state index in [1.165, 1.54) is 0 Å². The van der Waals surface area contributed by atoms with Crippen molar-refractivity contribution in [3.05, 3.63) is 39.3 Å². The van der Waals surface area contributed by atoms with Gasteiger partial charge in [0.1, 0.15) is 5.01 Å². The number of ether oxygens (including phenoxy) is 2. The van der Waals surface area contributed by atoms with Gasteiger partial charge in [0.15, 0.2) is 11.5 Å². The largest absolute Gasteiger partial charge is 0.489 e. The zero-order valence-electron chi connectivity index (χ0n) is 11.8. The first-order chi connectivity index (χ1) is 10.2. The molecule has 0 saturated heterocycles. The molecule has 3 rings (SSSR count). The molecule has 0 radical (unpaired) electrons. The molecule has 21 heavy (non-hydrogen) atoms. The van der Waals surface area contributed by atoms with E-state index in [0.29, 0.717) is 30.5 Å². The van der Waals surface area contributed by atoms with Gasteiger partial charge in [0.25, 0.3) is 0 Å². The van der Waals surface area contributed by atoms with Crippen LogP contribution in [0.1, 0.15) is 30.0 Å². The highest BCUT2D eigenvalue weighted by Crippen LogP contribution is 2.38. The first kappa shape index (κ1) is 14.6. The molecule has 0 fully saturated rings. The molecule has 1 N–H and O–H groups in total. The Balaban J connectivity index is 1.71. The summed E-state index contributed by atoms with van der Waals surface area (Å²) in [7, 11) is 0. The summed E-state index contributed by atoms with van der Waals surface area (Å²) in [4.78, 5) is 4.31. The summed E-state index contributed by atoms with van der Waals surface area (Å²) in [5.74, 6) is 1.39. The number of hydrogen-bond acceptors (Lipinski definition) is 5. The Hall–Kier alpha value is -1.30. The van der Waals surface area contributed by atoms with Crippen LogP contribution in [0.15, 0.2) is 23.7 Å². The van der Waals surface area contributed by atoms with Gasteiger partial charge in [-0.05, 0) is 24.6 Å². The van der Waals surface area contributed by atoms with Crippen molar-refractivity contribution < 1.29 is 9.47 Å². The normalized spacial score (nSPS) is 15.5. The lowest BCUT2D eigenvalue weighted by Gasteiger charge is -2.14. The van der Waals surface area contributed by atoms with Gasteiger partial charge >= 0.3 is 0 Å². The lowest BCUT2D eigenvalue weighted by molar-refractivity contribution is 0.297. The van der Waals surface area contributed by atoms with Crippen molar-refractivity contribution in [1.29, 1.82) is 0 Å². The van der Waals surface area contributed by atoms with Crippen LogP contribution in [0.5, 0.6) is 11.5 Å². The second kappa shape index (κ2) is 6.64. The summed E-state index contributed by atoms with van der Waals surface area (Å²) < 4.78 is 11.3. The van der Waals surface area contributed by atoms with Crippen LogP contribution in [0.4, 0.5) is 0 Å². The van der Waals surface area contributed by atoms with Gasteiger partial charge < -0.3 is 14.8 Å². The Labute approximate surface area is 133 Å². The van der Waals surface area contributed by atoms with E-state index >= 15 is 0 Å². The Morgan fingerprint density at radius 3 is 3.05 bits per heavy atom. The van der Waals surface area contributed by atoms with Crippen molar-refractivity contribution in [3.8, 4) is 11.5 Å². The van der Waals surface area contributed by atoms with Gasteiger partial charge in [0, 0.05) is 24.5 Å². The number of fused-ring (bicyclic) bond motifs is 1. The van der Waals surface area contributed by atoms with Crippen molar-refractivity contribution >= 4 is 22.9 Å². The van der Waals surface area contributed by atoms with Crippen molar-refractivity contribution in [1.82, 2.24) is 10.3 Å². The van der Waals surface area contributed by atoms with Gasteiger partial charge in [-0.15, -0.1) is 11.3 Å². The number of thiazole rings is 1. The molecule has 0 spiro atoms. The van der Waals surface area contributed by atoms with Crippen LogP contribution in [0.25, 0.3) is 0 Å². The number of hydrogen-bond donors (Lipinski definition) is 1. The van der Waals surface area contributed by atoms with Crippen LogP contribution in [-0.4, -0.2) is 18.2 Å². The highest BCUT2D eigenvalue weighted by Gasteiger charge is 2.16. The first-order valence-electron chi connectivity index (χ1n) is 6.95. The molecular formula is C15H17ClN2O2S. The van der Waals surface area contributed by atoms with E-state index in [9.17, 15) is 0 Å². The van der Waals surface area contributed by atoms with E-state index < -0.39 is 0 Å². The van der Waals surface area contributed by atoms with Crippen molar-refractivity contribution in [2.45, 2.75) is 25.9 Å². The van der Waals surface area contributed by atoms with Crippen LogP contribution in [-0.2, 0) is 6.54 Å². The number of benzene rings is 1. The second-order valence-corrected chi connectivity index (χ2v) is 6.26. The summed E-state index contributed by atoms with van der Waals surface area (Å²) in [5, 5.41) is 7.11. The molecule has 2 heterocycles. The lowest BCUT2D eigenvalue weighted by atomic mass is 10.2. The predicted octanol–water partition coefficient (Wildman–Crippen LogP) is 3.81. The third-order valence-corrected chi connectivity index (χ3v) is 4.54. The topological polar surface area (TPSA) is 43.4 Å². The zero-order valence-corrected chi connectivity index (χ0v) is 13.3. The highest BCUT2D eigenvalue weighted by molar-refractivity contribution is 7.09. The van der Waals surface area contributed by atoms with E-state index in [4.69, 9.17) is 21.1 Å². The smallest absolute Gasteiger partial charge is 0.179 e. The minimum absolute atomic E-state index is 0.208. The van der Waals surface area contributed by atoms with Crippen LogP contribution in [0.3, 0.4) is 0 Å². The minimum atomic E-state index is 0.208. The monoisotopic (exact) mass is 324 g/mol. The van der Waals surface area contributed by atoms with E-state index in [0.717, 1.165) is 22.7 Å². The maximum absolute atomic E-state index is 6.29. The number of aromatic nitrogens is 1. The fourth-order valence-corrected chi connectivity index (χ4v) is 3.15. The number of nitrogens with one attached hydrogen (secondary N) is 1. The lowest BCUT2D eigenvalue weighted by Crippen LogP contribution is -2.18. The third kappa shape index (κ3) is 3.48. The summed E-state index contributed by atoms with van der Waals surface area (Å²) >= 11 is 7.94. The SMILES string of the molecule is CC(NCc1cc(Cl)c2c(c1)OCCCO2)c1nccs1. The Morgan fingerprint density at radius 2 is 2.24 bits per heavy atom. The van der Waals surface area contributed by atoms with Gasteiger partial charge in [-0.1, -0.05) is 11.6 Å². The van der Waals surface area contributed by atoms with E-state index in [1.54, 1.807) is 11.3 Å². The minimum Gasteiger partial charge on any atom is -0.489 e. The number of rotatable bonds is 4. The Morgan fingerprint density at radius 1 is 1.38 bits per heavy atom. The van der Waals surface area contributed by atoms with E-state index in [-0.39, 0.29) is 6.04 Å². The molecule has 1 atom stereocenters. The van der Waals surface area contributed by atoms with Crippen LogP contribution in [0.2, 0.25) is 5.02 Å². The molecule has 112 valence electrons. The third-order valence-electron chi connectivity index (χ3n) is 3.30. The van der Waals surface area contributed by atoms with Gasteiger partial charge in [-0.2, -0.15) is 0 Å². The van der Waals surface area contributed by atoms with E-state index in [2.05, 4.69) is 17.2 Å². The quantitative estimate of drug-likeness (QED) is 0.928. The molecule has 4 nitrogen and oxygen atoms in total. The van der Waals surface area contributed by atoms with Crippen molar-refractivity contribution in [2.75, 3.05) is 13.2 Å². The standard InChI is InChI=1S/C15H17ClN2O2S/c1-10(15-17-3-6-21-15)18-9-11-7-12(16)14-13(8-11)19-4-2-5-20-14/h3,6-8,10,18H,2,4-5,9H2,1H3. The van der Waals surface area contributed by atoms with Crippen molar-refractivity contribution in [2.24, 2.45) is 0 Å². The summed E-state index contributed by atoms with van der Waals surface area (Å²) in [6, 6.07) is 4.13. The average Bonchev–Trinajstić information content (AvgIpc) is 2.91. The molecule has 0 bridgehead atoms. The molecule has 0 amide bonds. The molecule has 1 unspecified atom stereocenters. The number of halogens is 1. The highest BCUT2D eigenvalue weighted by atomic mass is 35.5. The molecule has 0 saturated carbocycles. The predicted molar refractivity (Wildman–Crippen MR) is 84.4 cm³/mol. The molecule has 0 aliphatic carbocycles. The number of nitrogens with zero attached hydrogens (tertiary/aromatic N) is 1. The van der Waals surface area contributed by atoms with Crippen molar-refractivity contribution in [3.63, 3.8) is 0 Å². The van der Waals surface area contributed by atoms with Crippen LogP contribution >= 0.6 is 22.9 Å². The maximum atomic E-state index is 6.29. The fourth-order valence-electron chi connectivity index (χ4n) is 2.19. The summed E-state index contributed by atoms with van der Waals surface area (Å²) in [6.45, 7) is 4.11. The summed E-state index contributed by atoms with van der Waals surface area (Å²) in [5.41, 5.74) is 1.08. The summed E-state index contributed by atoms with van der Waals surface area (Å²) in [6.07, 6.45) is 2.70. The Bertz CT molecular complexity index is 604. The molecule has 1 aromatic heterocycles. The molecular weight excluding hydrogens is 308 g/mol. The molecule has 1 aliphatic rings. The van der Waals surface area contributed by atoms with Gasteiger partial charge in [0.2, 0.25) is 0 Å². The first-order valence-corrected chi connectivity index (χ1v) is 8.20. The fraction of sp³-hybridized carbons (Fsp3) is 0.400. The van der Waals surface area contributed by atoms with Gasteiger partial charge in [-0.25, -0.2) is 4.98 Å². The Kier molecular flexibility index (Phi) is 4.63. The average molecular weight is 325 g/mol. The van der Waals surface area contributed by atoms with Crippen LogP contribution < -0.4 is 14.8 Å². The van der Waals surface area contributed by atoms with E-state index in [1.807, 2.05) is 23.7 Å². The molecule has 1 aromatic carbocycles. The zero-order chi connectivity index (χ0) is 14.7. The second-order valence-electron chi connectivity index (χ2n) is 4.93. The van der Waals surface area contributed by atoms with Gasteiger partial charge in [-0.3, -0.25) is 0 Å². The van der Waals surface area contributed by atoms with Crippen LogP contribution in [0, 0.1) is 0 Å². The molecule has 1 aliphatic heterocycles.